The van der Waals surface area contributed by atoms with Crippen LogP contribution in [0.2, 0.25) is 0 Å². The largest absolute Gasteiger partial charge is 0.289 e. The first-order valence-corrected chi connectivity index (χ1v) is 6.25. The fourth-order valence-electron chi connectivity index (χ4n) is 2.48. The molecule has 0 bridgehead atoms. The minimum absolute atomic E-state index is 0.126. The molecule has 0 fully saturated rings. The average molecular weight is 234 g/mol. The van der Waals surface area contributed by atoms with Gasteiger partial charge >= 0.3 is 0 Å². The van der Waals surface area contributed by atoms with E-state index in [2.05, 4.69) is 19.1 Å². The number of fused-ring (bicyclic) bond motifs is 2. The Bertz CT molecular complexity index is 788. The van der Waals surface area contributed by atoms with E-state index in [-0.39, 0.29) is 5.43 Å². The Morgan fingerprint density at radius 1 is 0.778 bits per heavy atom. The SMILES string of the molecule is CCc1cccc2c(=O)c3ccccc3ccc12. The molecule has 0 aromatic heterocycles. The van der Waals surface area contributed by atoms with Gasteiger partial charge in [-0.3, -0.25) is 4.79 Å². The van der Waals surface area contributed by atoms with Crippen LogP contribution in [0.15, 0.2) is 59.4 Å². The minimum Gasteiger partial charge on any atom is -0.289 e. The quantitative estimate of drug-likeness (QED) is 0.623. The first kappa shape index (κ1) is 11.0. The van der Waals surface area contributed by atoms with E-state index in [4.69, 9.17) is 0 Å². The molecule has 3 aromatic rings. The molecule has 3 aromatic carbocycles. The lowest BCUT2D eigenvalue weighted by Crippen LogP contribution is -1.98. The summed E-state index contributed by atoms with van der Waals surface area (Å²) in [6.45, 7) is 2.12. The van der Waals surface area contributed by atoms with Gasteiger partial charge in [-0.1, -0.05) is 61.5 Å². The van der Waals surface area contributed by atoms with Crippen molar-refractivity contribution >= 4 is 21.5 Å². The number of hydrogen-bond acceptors (Lipinski definition) is 1. The van der Waals surface area contributed by atoms with Crippen LogP contribution in [0.25, 0.3) is 21.5 Å². The van der Waals surface area contributed by atoms with E-state index in [0.717, 1.165) is 28.0 Å². The lowest BCUT2D eigenvalue weighted by molar-refractivity contribution is 1.16. The van der Waals surface area contributed by atoms with Gasteiger partial charge in [-0.25, -0.2) is 0 Å². The van der Waals surface area contributed by atoms with Crippen molar-refractivity contribution in [1.29, 1.82) is 0 Å². The molecule has 0 saturated carbocycles. The highest BCUT2D eigenvalue weighted by Gasteiger charge is 2.04. The second-order valence-electron chi connectivity index (χ2n) is 4.48. The van der Waals surface area contributed by atoms with Crippen LogP contribution < -0.4 is 5.43 Å². The Balaban J connectivity index is 2.62. The topological polar surface area (TPSA) is 17.1 Å². The smallest absolute Gasteiger partial charge is 0.194 e. The fraction of sp³-hybridized carbons (Fsp3) is 0.118. The zero-order valence-corrected chi connectivity index (χ0v) is 10.3. The van der Waals surface area contributed by atoms with Gasteiger partial charge in [0.1, 0.15) is 0 Å². The molecule has 0 unspecified atom stereocenters. The van der Waals surface area contributed by atoms with E-state index < -0.39 is 0 Å². The predicted molar refractivity (Wildman–Crippen MR) is 77.1 cm³/mol. The van der Waals surface area contributed by atoms with Gasteiger partial charge in [0, 0.05) is 10.8 Å². The van der Waals surface area contributed by atoms with Gasteiger partial charge in [-0.05, 0) is 22.8 Å². The van der Waals surface area contributed by atoms with Crippen molar-refractivity contribution < 1.29 is 0 Å². The molecule has 0 spiro atoms. The molecule has 0 saturated heterocycles. The van der Waals surface area contributed by atoms with Gasteiger partial charge in [-0.15, -0.1) is 0 Å². The molecule has 1 nitrogen and oxygen atoms in total. The first-order valence-electron chi connectivity index (χ1n) is 6.25. The van der Waals surface area contributed by atoms with Crippen LogP contribution in [0, 0.1) is 0 Å². The normalized spacial score (nSPS) is 10.9. The lowest BCUT2D eigenvalue weighted by Gasteiger charge is -1.99. The van der Waals surface area contributed by atoms with E-state index in [0.29, 0.717) is 0 Å². The Labute approximate surface area is 106 Å². The second-order valence-corrected chi connectivity index (χ2v) is 4.48. The molecule has 18 heavy (non-hydrogen) atoms. The van der Waals surface area contributed by atoms with Crippen molar-refractivity contribution in [3.63, 3.8) is 0 Å². The highest BCUT2D eigenvalue weighted by atomic mass is 16.1. The fourth-order valence-corrected chi connectivity index (χ4v) is 2.48. The minimum atomic E-state index is 0.126. The molecule has 3 rings (SSSR count). The summed E-state index contributed by atoms with van der Waals surface area (Å²) >= 11 is 0. The summed E-state index contributed by atoms with van der Waals surface area (Å²) in [5.41, 5.74) is 1.35. The first-order chi connectivity index (χ1) is 8.81. The van der Waals surface area contributed by atoms with Crippen molar-refractivity contribution in [1.82, 2.24) is 0 Å². The summed E-state index contributed by atoms with van der Waals surface area (Å²) in [5, 5.41) is 3.68. The summed E-state index contributed by atoms with van der Waals surface area (Å²) < 4.78 is 0. The molecule has 0 N–H and O–H groups in total. The number of hydrogen-bond donors (Lipinski definition) is 0. The molecule has 0 radical (unpaired) electrons. The maximum atomic E-state index is 12.6. The second kappa shape index (κ2) is 4.26. The average Bonchev–Trinajstić information content (AvgIpc) is 2.57. The highest BCUT2D eigenvalue weighted by Crippen LogP contribution is 2.19. The van der Waals surface area contributed by atoms with Crippen molar-refractivity contribution in [2.75, 3.05) is 0 Å². The Kier molecular flexibility index (Phi) is 2.60. The van der Waals surface area contributed by atoms with Gasteiger partial charge in [-0.2, -0.15) is 0 Å². The summed E-state index contributed by atoms with van der Waals surface area (Å²) in [7, 11) is 0. The molecular formula is C17H14O. The van der Waals surface area contributed by atoms with Crippen LogP contribution in [0.4, 0.5) is 0 Å². The third-order valence-electron chi connectivity index (χ3n) is 3.46. The van der Waals surface area contributed by atoms with Crippen molar-refractivity contribution in [2.45, 2.75) is 13.3 Å². The summed E-state index contributed by atoms with van der Waals surface area (Å²) in [5.74, 6) is 0. The predicted octanol–water partition coefficient (Wildman–Crippen LogP) is 3.92. The maximum absolute atomic E-state index is 12.6. The zero-order chi connectivity index (χ0) is 12.5. The van der Waals surface area contributed by atoms with Gasteiger partial charge in [0.2, 0.25) is 0 Å². The van der Waals surface area contributed by atoms with Gasteiger partial charge in [0.25, 0.3) is 0 Å². The van der Waals surface area contributed by atoms with Crippen LogP contribution in [-0.4, -0.2) is 0 Å². The Morgan fingerprint density at radius 3 is 2.39 bits per heavy atom. The maximum Gasteiger partial charge on any atom is 0.194 e. The molecule has 1 heteroatoms. The highest BCUT2D eigenvalue weighted by molar-refractivity contribution is 5.94. The monoisotopic (exact) mass is 234 g/mol. The molecule has 0 amide bonds. The van der Waals surface area contributed by atoms with Crippen molar-refractivity contribution in [3.8, 4) is 0 Å². The van der Waals surface area contributed by atoms with Gasteiger partial charge in [0.15, 0.2) is 5.43 Å². The van der Waals surface area contributed by atoms with E-state index >= 15 is 0 Å². The van der Waals surface area contributed by atoms with Crippen LogP contribution >= 0.6 is 0 Å². The van der Waals surface area contributed by atoms with Crippen molar-refractivity contribution in [2.24, 2.45) is 0 Å². The van der Waals surface area contributed by atoms with E-state index in [1.165, 1.54) is 5.56 Å². The van der Waals surface area contributed by atoms with Gasteiger partial charge < -0.3 is 0 Å². The Morgan fingerprint density at radius 2 is 1.56 bits per heavy atom. The van der Waals surface area contributed by atoms with Crippen LogP contribution in [0.5, 0.6) is 0 Å². The van der Waals surface area contributed by atoms with Crippen molar-refractivity contribution in [3.05, 3.63) is 70.4 Å². The molecule has 88 valence electrons. The summed E-state index contributed by atoms with van der Waals surface area (Å²) in [6, 6.07) is 17.9. The summed E-state index contributed by atoms with van der Waals surface area (Å²) in [6.07, 6.45) is 0.942. The molecular weight excluding hydrogens is 220 g/mol. The number of aryl methyl sites for hydroxylation is 1. The molecule has 0 aliphatic rings. The van der Waals surface area contributed by atoms with E-state index in [1.807, 2.05) is 42.5 Å². The van der Waals surface area contributed by atoms with Crippen LogP contribution in [0.1, 0.15) is 12.5 Å². The third kappa shape index (κ3) is 1.60. The molecule has 0 atom stereocenters. The van der Waals surface area contributed by atoms with Crippen LogP contribution in [-0.2, 0) is 6.42 Å². The Hall–Kier alpha value is -2.15. The number of benzene rings is 2. The third-order valence-corrected chi connectivity index (χ3v) is 3.46. The number of rotatable bonds is 1. The van der Waals surface area contributed by atoms with Crippen LogP contribution in [0.3, 0.4) is 0 Å². The van der Waals surface area contributed by atoms with E-state index in [1.54, 1.807) is 0 Å². The molecule has 0 aliphatic carbocycles. The van der Waals surface area contributed by atoms with Gasteiger partial charge in [0.05, 0.1) is 0 Å². The lowest BCUT2D eigenvalue weighted by atomic mass is 10.0. The summed E-state index contributed by atoms with van der Waals surface area (Å²) in [4.78, 5) is 12.6. The standard InChI is InChI=1S/C17H14O/c1-2-12-7-5-9-16-14(12)11-10-13-6-3-4-8-15(13)17(16)18/h3-11H,2H2,1H3. The van der Waals surface area contributed by atoms with E-state index in [9.17, 15) is 4.79 Å². The molecule has 0 aliphatic heterocycles. The molecule has 0 heterocycles. The zero-order valence-electron chi connectivity index (χ0n) is 10.3.